The topological polar surface area (TPSA) is 56.5 Å². The molecule has 6 heteroatoms. The lowest BCUT2D eigenvalue weighted by Crippen LogP contribution is -2.01. The summed E-state index contributed by atoms with van der Waals surface area (Å²) in [5.41, 5.74) is 3.27. The number of hydrogen-bond donors (Lipinski definition) is 0. The van der Waals surface area contributed by atoms with Crippen molar-refractivity contribution in [3.8, 4) is 5.82 Å². The van der Waals surface area contributed by atoms with Gasteiger partial charge in [-0.1, -0.05) is 17.3 Å². The lowest BCUT2D eigenvalue weighted by atomic mass is 10.2. The summed E-state index contributed by atoms with van der Waals surface area (Å²) in [7, 11) is 0. The van der Waals surface area contributed by atoms with Crippen LogP contribution in [-0.2, 0) is 12.8 Å². The number of hydrogen-bond acceptors (Lipinski definition) is 5. The van der Waals surface area contributed by atoms with Crippen LogP contribution in [0.5, 0.6) is 0 Å². The average molecular weight is 293 g/mol. The summed E-state index contributed by atoms with van der Waals surface area (Å²) < 4.78 is 1.84. The van der Waals surface area contributed by atoms with Crippen LogP contribution in [0.2, 0.25) is 0 Å². The van der Waals surface area contributed by atoms with E-state index >= 15 is 0 Å². The molecule has 0 aliphatic heterocycles. The van der Waals surface area contributed by atoms with Gasteiger partial charge in [-0.05, 0) is 37.0 Å². The molecule has 0 saturated carbocycles. The SMILES string of the molecule is c1ccc2c(c1)nnn2-c1ncnc2sc3c(c12)CCC3. The molecular formula is C15H11N5S. The van der Waals surface area contributed by atoms with Crippen molar-refractivity contribution >= 4 is 32.6 Å². The van der Waals surface area contributed by atoms with Gasteiger partial charge in [-0.2, -0.15) is 4.68 Å². The van der Waals surface area contributed by atoms with Crippen LogP contribution in [-0.4, -0.2) is 25.0 Å². The Hall–Kier alpha value is -2.34. The Bertz CT molecular complexity index is 984. The van der Waals surface area contributed by atoms with Crippen LogP contribution >= 0.6 is 11.3 Å². The number of fused-ring (bicyclic) bond motifs is 4. The van der Waals surface area contributed by atoms with Crippen molar-refractivity contribution in [3.05, 3.63) is 41.0 Å². The molecule has 0 N–H and O–H groups in total. The summed E-state index contributed by atoms with van der Waals surface area (Å²) in [5.74, 6) is 0.855. The molecule has 0 fully saturated rings. The number of thiophene rings is 1. The van der Waals surface area contributed by atoms with Crippen molar-refractivity contribution in [2.45, 2.75) is 19.3 Å². The Morgan fingerprint density at radius 1 is 1.10 bits per heavy atom. The standard InChI is InChI=1S/C15H11N5S/c1-2-6-11-10(5-1)18-19-20(11)14-13-9-4-3-7-12(9)21-15(13)17-8-16-14/h1-2,5-6,8H,3-4,7H2. The second-order valence-corrected chi connectivity index (χ2v) is 6.31. The molecule has 1 aliphatic carbocycles. The molecule has 0 unspecified atom stereocenters. The number of nitrogens with zero attached hydrogens (tertiary/aromatic N) is 5. The molecule has 1 aromatic carbocycles. The minimum atomic E-state index is 0.855. The molecule has 0 radical (unpaired) electrons. The van der Waals surface area contributed by atoms with Crippen LogP contribution < -0.4 is 0 Å². The number of aromatic nitrogens is 5. The Labute approximate surface area is 124 Å². The zero-order valence-electron chi connectivity index (χ0n) is 11.2. The van der Waals surface area contributed by atoms with Gasteiger partial charge in [0.05, 0.1) is 10.9 Å². The molecule has 5 rings (SSSR count). The number of aryl methyl sites for hydroxylation is 2. The van der Waals surface area contributed by atoms with Gasteiger partial charge in [0.15, 0.2) is 5.82 Å². The van der Waals surface area contributed by atoms with Crippen LogP contribution in [0.1, 0.15) is 16.9 Å². The van der Waals surface area contributed by atoms with Crippen molar-refractivity contribution in [2.75, 3.05) is 0 Å². The summed E-state index contributed by atoms with van der Waals surface area (Å²) in [5, 5.41) is 9.70. The fraction of sp³-hybridized carbons (Fsp3) is 0.200. The van der Waals surface area contributed by atoms with E-state index in [1.807, 2.05) is 28.9 Å². The van der Waals surface area contributed by atoms with E-state index in [1.54, 1.807) is 17.7 Å². The van der Waals surface area contributed by atoms with E-state index in [9.17, 15) is 0 Å². The third kappa shape index (κ3) is 1.50. The fourth-order valence-electron chi connectivity index (χ4n) is 3.10. The van der Waals surface area contributed by atoms with Gasteiger partial charge in [0.2, 0.25) is 0 Å². The van der Waals surface area contributed by atoms with E-state index in [1.165, 1.54) is 16.9 Å². The van der Waals surface area contributed by atoms with Gasteiger partial charge in [0.25, 0.3) is 0 Å². The first-order valence-corrected chi connectivity index (χ1v) is 7.79. The van der Waals surface area contributed by atoms with Crippen LogP contribution in [0.4, 0.5) is 0 Å². The van der Waals surface area contributed by atoms with Crippen molar-refractivity contribution < 1.29 is 0 Å². The van der Waals surface area contributed by atoms with Crippen molar-refractivity contribution in [3.63, 3.8) is 0 Å². The highest BCUT2D eigenvalue weighted by atomic mass is 32.1. The van der Waals surface area contributed by atoms with E-state index in [2.05, 4.69) is 20.3 Å². The first-order chi connectivity index (χ1) is 10.4. The van der Waals surface area contributed by atoms with E-state index in [0.717, 1.165) is 39.9 Å². The highest BCUT2D eigenvalue weighted by Gasteiger charge is 2.22. The van der Waals surface area contributed by atoms with E-state index in [0.29, 0.717) is 0 Å². The molecule has 0 amide bonds. The maximum atomic E-state index is 4.51. The van der Waals surface area contributed by atoms with Gasteiger partial charge in [0.1, 0.15) is 16.7 Å². The summed E-state index contributed by atoms with van der Waals surface area (Å²) in [6.45, 7) is 0. The van der Waals surface area contributed by atoms with Gasteiger partial charge in [-0.15, -0.1) is 16.4 Å². The second-order valence-electron chi connectivity index (χ2n) is 5.22. The maximum Gasteiger partial charge on any atom is 0.168 e. The minimum absolute atomic E-state index is 0.855. The molecule has 5 nitrogen and oxygen atoms in total. The Morgan fingerprint density at radius 3 is 3.05 bits per heavy atom. The molecular weight excluding hydrogens is 282 g/mol. The van der Waals surface area contributed by atoms with Gasteiger partial charge in [-0.3, -0.25) is 0 Å². The lowest BCUT2D eigenvalue weighted by molar-refractivity contribution is 0.804. The summed E-state index contributed by atoms with van der Waals surface area (Å²) >= 11 is 1.79. The summed E-state index contributed by atoms with van der Waals surface area (Å²) in [6, 6.07) is 7.96. The normalized spacial score (nSPS) is 14.1. The quantitative estimate of drug-likeness (QED) is 0.541. The predicted octanol–water partition coefficient (Wildman–Crippen LogP) is 2.91. The number of rotatable bonds is 1. The molecule has 0 saturated heterocycles. The molecule has 102 valence electrons. The van der Waals surface area contributed by atoms with Crippen LogP contribution in [0.15, 0.2) is 30.6 Å². The monoisotopic (exact) mass is 293 g/mol. The molecule has 4 aromatic rings. The molecule has 1 aliphatic rings. The van der Waals surface area contributed by atoms with Crippen LogP contribution in [0.3, 0.4) is 0 Å². The Balaban J connectivity index is 1.89. The minimum Gasteiger partial charge on any atom is -0.225 e. The number of benzene rings is 1. The Kier molecular flexibility index (Phi) is 2.20. The van der Waals surface area contributed by atoms with E-state index < -0.39 is 0 Å². The van der Waals surface area contributed by atoms with Gasteiger partial charge < -0.3 is 0 Å². The first-order valence-electron chi connectivity index (χ1n) is 6.98. The third-order valence-corrected chi connectivity index (χ3v) is 5.23. The lowest BCUT2D eigenvalue weighted by Gasteiger charge is -2.04. The highest BCUT2D eigenvalue weighted by Crippen LogP contribution is 2.38. The molecule has 21 heavy (non-hydrogen) atoms. The average Bonchev–Trinajstić information content (AvgIpc) is 3.20. The smallest absolute Gasteiger partial charge is 0.168 e. The van der Waals surface area contributed by atoms with Crippen LogP contribution in [0, 0.1) is 0 Å². The molecule has 0 spiro atoms. The summed E-state index contributed by atoms with van der Waals surface area (Å²) in [4.78, 5) is 11.5. The van der Waals surface area contributed by atoms with E-state index in [-0.39, 0.29) is 0 Å². The van der Waals surface area contributed by atoms with Gasteiger partial charge in [-0.25, -0.2) is 9.97 Å². The largest absolute Gasteiger partial charge is 0.225 e. The fourth-order valence-corrected chi connectivity index (χ4v) is 4.32. The zero-order valence-corrected chi connectivity index (χ0v) is 12.0. The molecule has 3 aromatic heterocycles. The number of para-hydroxylation sites is 1. The van der Waals surface area contributed by atoms with Crippen LogP contribution in [0.25, 0.3) is 27.1 Å². The first kappa shape index (κ1) is 11.3. The second kappa shape index (κ2) is 4.08. The maximum absolute atomic E-state index is 4.51. The third-order valence-electron chi connectivity index (χ3n) is 4.03. The Morgan fingerprint density at radius 2 is 2.05 bits per heavy atom. The summed E-state index contributed by atoms with van der Waals surface area (Å²) in [6.07, 6.45) is 5.12. The molecule has 0 atom stereocenters. The van der Waals surface area contributed by atoms with Crippen molar-refractivity contribution in [1.29, 1.82) is 0 Å². The zero-order chi connectivity index (χ0) is 13.8. The highest BCUT2D eigenvalue weighted by molar-refractivity contribution is 7.19. The molecule has 3 heterocycles. The van der Waals surface area contributed by atoms with Crippen molar-refractivity contribution in [2.24, 2.45) is 0 Å². The molecule has 0 bridgehead atoms. The van der Waals surface area contributed by atoms with E-state index in [4.69, 9.17) is 0 Å². The van der Waals surface area contributed by atoms with Crippen molar-refractivity contribution in [1.82, 2.24) is 25.0 Å². The van der Waals surface area contributed by atoms with Gasteiger partial charge >= 0.3 is 0 Å². The predicted molar refractivity (Wildman–Crippen MR) is 81.9 cm³/mol. The van der Waals surface area contributed by atoms with Gasteiger partial charge in [0, 0.05) is 4.88 Å².